The second kappa shape index (κ2) is 4.34. The molecule has 3 rings (SSSR count). The summed E-state index contributed by atoms with van der Waals surface area (Å²) in [4.78, 5) is 9.90. The molecule has 1 N–H and O–H groups in total. The molecule has 3 nitrogen and oxygen atoms in total. The quantitative estimate of drug-likeness (QED) is 0.853. The van der Waals surface area contributed by atoms with Gasteiger partial charge in [-0.25, -0.2) is 4.98 Å². The number of benzene rings is 1. The number of aromatic nitrogens is 2. The Kier molecular flexibility index (Phi) is 2.69. The number of hydrogen-bond donors (Lipinski definition) is 1. The van der Waals surface area contributed by atoms with Crippen molar-refractivity contribution >= 4 is 0 Å². The fourth-order valence-electron chi connectivity index (χ4n) is 2.48. The van der Waals surface area contributed by atoms with Gasteiger partial charge < -0.3 is 4.98 Å². The Morgan fingerprint density at radius 1 is 1.35 bits per heavy atom. The Balaban J connectivity index is 1.76. The van der Waals surface area contributed by atoms with Crippen LogP contribution in [0.2, 0.25) is 0 Å². The van der Waals surface area contributed by atoms with Gasteiger partial charge >= 0.3 is 0 Å². The van der Waals surface area contributed by atoms with Gasteiger partial charge in [-0.1, -0.05) is 23.8 Å². The molecule has 0 saturated carbocycles. The largest absolute Gasteiger partial charge is 0.348 e. The van der Waals surface area contributed by atoms with Gasteiger partial charge in [-0.2, -0.15) is 0 Å². The zero-order valence-electron chi connectivity index (χ0n) is 10.1. The summed E-state index contributed by atoms with van der Waals surface area (Å²) in [6, 6.07) is 6.79. The molecule has 0 aliphatic carbocycles. The standard InChI is InChI=1S/C14H17N3/c1-11-2-3-12-4-7-17(9-13(12)8-11)10-14-15-5-6-16-14/h2-3,5-6,8H,4,7,9-10H2,1H3,(H,15,16). The average molecular weight is 227 g/mol. The van der Waals surface area contributed by atoms with E-state index in [1.54, 1.807) is 0 Å². The second-order valence-electron chi connectivity index (χ2n) is 4.77. The first-order valence-electron chi connectivity index (χ1n) is 6.10. The summed E-state index contributed by atoms with van der Waals surface area (Å²) in [5.74, 6) is 1.06. The molecule has 3 heteroatoms. The molecule has 0 unspecified atom stereocenters. The topological polar surface area (TPSA) is 31.9 Å². The third-order valence-corrected chi connectivity index (χ3v) is 3.38. The number of fused-ring (bicyclic) bond motifs is 1. The Morgan fingerprint density at radius 3 is 3.12 bits per heavy atom. The van der Waals surface area contributed by atoms with Crippen molar-refractivity contribution in [2.24, 2.45) is 0 Å². The number of aryl methyl sites for hydroxylation is 1. The fourth-order valence-corrected chi connectivity index (χ4v) is 2.48. The molecule has 0 radical (unpaired) electrons. The first kappa shape index (κ1) is 10.5. The minimum absolute atomic E-state index is 0.917. The van der Waals surface area contributed by atoms with Gasteiger partial charge in [0.25, 0.3) is 0 Å². The number of H-pyrrole nitrogens is 1. The maximum absolute atomic E-state index is 4.29. The lowest BCUT2D eigenvalue weighted by Crippen LogP contribution is -2.30. The lowest BCUT2D eigenvalue weighted by molar-refractivity contribution is 0.240. The van der Waals surface area contributed by atoms with E-state index < -0.39 is 0 Å². The van der Waals surface area contributed by atoms with Crippen molar-refractivity contribution in [3.63, 3.8) is 0 Å². The maximum atomic E-state index is 4.29. The van der Waals surface area contributed by atoms with E-state index in [-0.39, 0.29) is 0 Å². The summed E-state index contributed by atoms with van der Waals surface area (Å²) in [5, 5.41) is 0. The van der Waals surface area contributed by atoms with Gasteiger partial charge in [0.15, 0.2) is 0 Å². The molecule has 1 aromatic heterocycles. The van der Waals surface area contributed by atoms with E-state index in [2.05, 4.69) is 40.0 Å². The van der Waals surface area contributed by atoms with Crippen LogP contribution in [0.4, 0.5) is 0 Å². The molecular weight excluding hydrogens is 210 g/mol. The summed E-state index contributed by atoms with van der Waals surface area (Å²) in [6.07, 6.45) is 4.85. The molecule has 1 aliphatic rings. The molecule has 88 valence electrons. The van der Waals surface area contributed by atoms with Gasteiger partial charge in [0, 0.05) is 25.5 Å². The van der Waals surface area contributed by atoms with E-state index in [1.807, 2.05) is 12.4 Å². The third-order valence-electron chi connectivity index (χ3n) is 3.38. The average Bonchev–Trinajstić information content (AvgIpc) is 2.81. The summed E-state index contributed by atoms with van der Waals surface area (Å²) in [6.45, 7) is 5.24. The van der Waals surface area contributed by atoms with Crippen LogP contribution in [0.3, 0.4) is 0 Å². The van der Waals surface area contributed by atoms with Crippen LogP contribution in [0.25, 0.3) is 0 Å². The van der Waals surface area contributed by atoms with Gasteiger partial charge in [0.05, 0.1) is 6.54 Å². The number of hydrogen-bond acceptors (Lipinski definition) is 2. The highest BCUT2D eigenvalue weighted by Gasteiger charge is 2.16. The molecule has 0 spiro atoms. The predicted octanol–water partition coefficient (Wildman–Crippen LogP) is 2.28. The van der Waals surface area contributed by atoms with Crippen molar-refractivity contribution in [2.75, 3.05) is 6.54 Å². The summed E-state index contributed by atoms with van der Waals surface area (Å²) in [5.41, 5.74) is 4.33. The van der Waals surface area contributed by atoms with E-state index in [4.69, 9.17) is 0 Å². The Morgan fingerprint density at radius 2 is 2.29 bits per heavy atom. The van der Waals surface area contributed by atoms with Crippen molar-refractivity contribution in [1.82, 2.24) is 14.9 Å². The number of imidazole rings is 1. The number of aromatic amines is 1. The lowest BCUT2D eigenvalue weighted by Gasteiger charge is -2.28. The summed E-state index contributed by atoms with van der Waals surface area (Å²) in [7, 11) is 0. The van der Waals surface area contributed by atoms with Crippen LogP contribution in [-0.2, 0) is 19.5 Å². The Labute approximate surface area is 101 Å². The first-order valence-corrected chi connectivity index (χ1v) is 6.10. The predicted molar refractivity (Wildman–Crippen MR) is 67.6 cm³/mol. The van der Waals surface area contributed by atoms with E-state index in [1.165, 1.54) is 16.7 Å². The maximum Gasteiger partial charge on any atom is 0.120 e. The molecule has 2 aromatic rings. The minimum Gasteiger partial charge on any atom is -0.348 e. The third kappa shape index (κ3) is 2.24. The van der Waals surface area contributed by atoms with E-state index in [9.17, 15) is 0 Å². The summed E-state index contributed by atoms with van der Waals surface area (Å²) >= 11 is 0. The molecule has 0 atom stereocenters. The second-order valence-corrected chi connectivity index (χ2v) is 4.77. The molecular formula is C14H17N3. The SMILES string of the molecule is Cc1ccc2c(c1)CN(Cc1ncc[nH]1)CC2. The van der Waals surface area contributed by atoms with Gasteiger partial charge in [-0.05, 0) is 24.5 Å². The van der Waals surface area contributed by atoms with E-state index in [0.717, 1.165) is 31.9 Å². The van der Waals surface area contributed by atoms with E-state index in [0.29, 0.717) is 0 Å². The molecule has 2 heterocycles. The first-order chi connectivity index (χ1) is 8.31. The van der Waals surface area contributed by atoms with Gasteiger partial charge in [0.1, 0.15) is 5.82 Å². The van der Waals surface area contributed by atoms with Crippen LogP contribution in [0, 0.1) is 6.92 Å². The number of nitrogens with one attached hydrogen (secondary N) is 1. The summed E-state index contributed by atoms with van der Waals surface area (Å²) < 4.78 is 0. The van der Waals surface area contributed by atoms with E-state index >= 15 is 0 Å². The zero-order chi connectivity index (χ0) is 11.7. The highest BCUT2D eigenvalue weighted by atomic mass is 15.1. The van der Waals surface area contributed by atoms with Crippen molar-refractivity contribution < 1.29 is 0 Å². The molecule has 0 fully saturated rings. The van der Waals surface area contributed by atoms with Crippen LogP contribution in [0.15, 0.2) is 30.6 Å². The van der Waals surface area contributed by atoms with Crippen molar-refractivity contribution in [1.29, 1.82) is 0 Å². The Hall–Kier alpha value is -1.61. The van der Waals surface area contributed by atoms with Gasteiger partial charge in [-0.15, -0.1) is 0 Å². The molecule has 1 aliphatic heterocycles. The van der Waals surface area contributed by atoms with Crippen molar-refractivity contribution in [3.8, 4) is 0 Å². The highest BCUT2D eigenvalue weighted by molar-refractivity contribution is 5.33. The van der Waals surface area contributed by atoms with Crippen LogP contribution in [0.5, 0.6) is 0 Å². The van der Waals surface area contributed by atoms with Crippen molar-refractivity contribution in [2.45, 2.75) is 26.4 Å². The highest BCUT2D eigenvalue weighted by Crippen LogP contribution is 2.20. The number of nitrogens with zero attached hydrogens (tertiary/aromatic N) is 2. The molecule has 1 aromatic carbocycles. The van der Waals surface area contributed by atoms with Crippen LogP contribution in [-0.4, -0.2) is 21.4 Å². The van der Waals surface area contributed by atoms with Crippen LogP contribution < -0.4 is 0 Å². The lowest BCUT2D eigenvalue weighted by atomic mass is 9.98. The van der Waals surface area contributed by atoms with Gasteiger partial charge in [-0.3, -0.25) is 4.90 Å². The van der Waals surface area contributed by atoms with Crippen LogP contribution >= 0.6 is 0 Å². The molecule has 0 saturated heterocycles. The number of rotatable bonds is 2. The molecule has 17 heavy (non-hydrogen) atoms. The zero-order valence-corrected chi connectivity index (χ0v) is 10.1. The van der Waals surface area contributed by atoms with Crippen molar-refractivity contribution in [3.05, 3.63) is 53.1 Å². The monoisotopic (exact) mass is 227 g/mol. The molecule has 0 bridgehead atoms. The smallest absolute Gasteiger partial charge is 0.120 e. The van der Waals surface area contributed by atoms with Crippen LogP contribution in [0.1, 0.15) is 22.5 Å². The Bertz CT molecular complexity index is 502. The van der Waals surface area contributed by atoms with Gasteiger partial charge in [0.2, 0.25) is 0 Å². The molecule has 0 amide bonds. The normalized spacial score (nSPS) is 15.8. The minimum atomic E-state index is 0.917. The fraction of sp³-hybridized carbons (Fsp3) is 0.357.